The Morgan fingerprint density at radius 1 is 0.878 bits per heavy atom. The number of amides is 5. The minimum atomic E-state index is -1.18. The van der Waals surface area contributed by atoms with Gasteiger partial charge in [0.2, 0.25) is 23.6 Å². The van der Waals surface area contributed by atoms with Gasteiger partial charge in [0, 0.05) is 18.8 Å². The maximum Gasteiger partial charge on any atom is 0.408 e. The van der Waals surface area contributed by atoms with Crippen LogP contribution in [0.1, 0.15) is 67.4 Å². The Morgan fingerprint density at radius 3 is 2.00 bits per heavy atom. The van der Waals surface area contributed by atoms with Crippen molar-refractivity contribution in [3.8, 4) is 0 Å². The van der Waals surface area contributed by atoms with E-state index in [0.717, 1.165) is 5.56 Å². The second kappa shape index (κ2) is 20.8. The predicted octanol–water partition coefficient (Wildman–Crippen LogP) is 3.15. The monoisotopic (exact) mass is 729 g/mol. The molecule has 0 saturated carbocycles. The Hall–Kier alpha value is -3.58. The zero-order chi connectivity index (χ0) is 37.5. The van der Waals surface area contributed by atoms with Gasteiger partial charge in [-0.1, -0.05) is 64.4 Å². The van der Waals surface area contributed by atoms with Crippen molar-refractivity contribution in [2.75, 3.05) is 26.1 Å². The van der Waals surface area contributed by atoms with E-state index in [9.17, 15) is 28.8 Å². The minimum Gasteiger partial charge on any atom is -0.467 e. The standard InChI is InChI=1S/C34H53Cl2N5O8/c1-10-21(4)28(30(44)40-27(20(2)3)32(46)48-9)39-26(42)19-41(18-24(36)17-35)31(45)25(16-23-14-12-11-13-15-23)38-29(43)22(5)37-33(47)49-34(6,7)8/h11-15,20-22,24-25,27-28H,10,16-19H2,1-9H3,(H,37,47)(H,38,43)(H,39,42)(H,40,44)/t21-,22-,24?,25-,27-,28-/m0/s1. The molecule has 0 aliphatic carbocycles. The number of alkyl halides is 2. The molecule has 0 saturated heterocycles. The quantitative estimate of drug-likeness (QED) is 0.132. The summed E-state index contributed by atoms with van der Waals surface area (Å²) in [6.45, 7) is 13.0. The van der Waals surface area contributed by atoms with E-state index in [2.05, 4.69) is 21.3 Å². The molecule has 5 amide bonds. The molecule has 0 aliphatic heterocycles. The normalized spacial score (nSPS) is 15.0. The maximum atomic E-state index is 14.1. The zero-order valence-electron chi connectivity index (χ0n) is 29.9. The van der Waals surface area contributed by atoms with Gasteiger partial charge in [0.05, 0.1) is 19.0 Å². The van der Waals surface area contributed by atoms with Crippen LogP contribution < -0.4 is 21.3 Å². The van der Waals surface area contributed by atoms with Crippen LogP contribution in [0.15, 0.2) is 30.3 Å². The van der Waals surface area contributed by atoms with Crippen LogP contribution in [0.3, 0.4) is 0 Å². The van der Waals surface area contributed by atoms with Crippen LogP contribution in [0.25, 0.3) is 0 Å². The fourth-order valence-corrected chi connectivity index (χ4v) is 4.86. The van der Waals surface area contributed by atoms with Crippen LogP contribution in [-0.4, -0.2) is 102 Å². The lowest BCUT2D eigenvalue weighted by Crippen LogP contribution is -2.59. The Bertz CT molecular complexity index is 1260. The fourth-order valence-electron chi connectivity index (χ4n) is 4.60. The van der Waals surface area contributed by atoms with Gasteiger partial charge in [-0.15, -0.1) is 23.2 Å². The first-order chi connectivity index (χ1) is 22.8. The molecule has 1 unspecified atom stereocenters. The van der Waals surface area contributed by atoms with E-state index >= 15 is 0 Å². The van der Waals surface area contributed by atoms with Crippen molar-refractivity contribution in [3.05, 3.63) is 35.9 Å². The molecule has 1 aromatic carbocycles. The summed E-state index contributed by atoms with van der Waals surface area (Å²) >= 11 is 12.3. The number of esters is 1. The number of halogens is 2. The van der Waals surface area contributed by atoms with E-state index in [0.29, 0.717) is 6.42 Å². The van der Waals surface area contributed by atoms with Gasteiger partial charge in [-0.2, -0.15) is 0 Å². The topological polar surface area (TPSA) is 172 Å². The maximum absolute atomic E-state index is 14.1. The van der Waals surface area contributed by atoms with Crippen LogP contribution in [0.4, 0.5) is 4.79 Å². The second-order valence-corrected chi connectivity index (χ2v) is 14.2. The summed E-state index contributed by atoms with van der Waals surface area (Å²) in [4.78, 5) is 80.0. The smallest absolute Gasteiger partial charge is 0.408 e. The van der Waals surface area contributed by atoms with Crippen molar-refractivity contribution in [2.24, 2.45) is 11.8 Å². The average molecular weight is 731 g/mol. The van der Waals surface area contributed by atoms with E-state index in [1.165, 1.54) is 18.9 Å². The molecule has 0 radical (unpaired) electrons. The summed E-state index contributed by atoms with van der Waals surface area (Å²) in [6, 6.07) is 4.70. The fraction of sp³-hybridized carbons (Fsp3) is 0.647. The lowest BCUT2D eigenvalue weighted by atomic mass is 9.96. The predicted molar refractivity (Wildman–Crippen MR) is 188 cm³/mol. The molecule has 0 spiro atoms. The van der Waals surface area contributed by atoms with E-state index in [-0.39, 0.29) is 30.7 Å². The van der Waals surface area contributed by atoms with Crippen molar-refractivity contribution < 1.29 is 38.2 Å². The van der Waals surface area contributed by atoms with Gasteiger partial charge in [0.25, 0.3) is 0 Å². The Kier molecular flexibility index (Phi) is 18.5. The first-order valence-corrected chi connectivity index (χ1v) is 17.3. The summed E-state index contributed by atoms with van der Waals surface area (Å²) in [5, 5.41) is 9.79. The summed E-state index contributed by atoms with van der Waals surface area (Å²) in [6.07, 6.45) is -0.237. The van der Waals surface area contributed by atoms with Gasteiger partial charge in [0.1, 0.15) is 29.8 Å². The van der Waals surface area contributed by atoms with Crippen molar-refractivity contribution >= 4 is 58.9 Å². The lowest BCUT2D eigenvalue weighted by molar-refractivity contribution is -0.147. The number of rotatable bonds is 18. The largest absolute Gasteiger partial charge is 0.467 e. The number of hydrogen-bond donors (Lipinski definition) is 4. The Labute approximate surface area is 299 Å². The molecule has 0 heterocycles. The summed E-state index contributed by atoms with van der Waals surface area (Å²) in [7, 11) is 1.22. The van der Waals surface area contributed by atoms with E-state index in [4.69, 9.17) is 32.7 Å². The molecule has 6 atom stereocenters. The Morgan fingerprint density at radius 2 is 1.49 bits per heavy atom. The molecule has 276 valence electrons. The third-order valence-electron chi connectivity index (χ3n) is 7.49. The molecular formula is C34H53Cl2N5O8. The highest BCUT2D eigenvalue weighted by molar-refractivity contribution is 6.28. The average Bonchev–Trinajstić information content (AvgIpc) is 3.03. The molecule has 1 aromatic rings. The number of nitrogens with one attached hydrogen (secondary N) is 4. The Balaban J connectivity index is 3.33. The van der Waals surface area contributed by atoms with Gasteiger partial charge in [-0.05, 0) is 45.1 Å². The molecule has 0 bridgehead atoms. The molecular weight excluding hydrogens is 677 g/mol. The van der Waals surface area contributed by atoms with Crippen LogP contribution in [0.2, 0.25) is 0 Å². The van der Waals surface area contributed by atoms with Crippen molar-refractivity contribution in [1.29, 1.82) is 0 Å². The molecule has 0 aromatic heterocycles. The van der Waals surface area contributed by atoms with Crippen LogP contribution in [-0.2, 0) is 39.9 Å². The minimum absolute atomic E-state index is 0.0402. The third kappa shape index (κ3) is 15.7. The number of alkyl carbamates (subject to hydrolysis) is 1. The van der Waals surface area contributed by atoms with Crippen molar-refractivity contribution in [3.63, 3.8) is 0 Å². The van der Waals surface area contributed by atoms with Crippen LogP contribution >= 0.6 is 23.2 Å². The molecule has 49 heavy (non-hydrogen) atoms. The van der Waals surface area contributed by atoms with Gasteiger partial charge in [-0.3, -0.25) is 19.2 Å². The highest BCUT2D eigenvalue weighted by Crippen LogP contribution is 2.13. The zero-order valence-corrected chi connectivity index (χ0v) is 31.4. The van der Waals surface area contributed by atoms with Crippen LogP contribution in [0.5, 0.6) is 0 Å². The van der Waals surface area contributed by atoms with Gasteiger partial charge >= 0.3 is 12.1 Å². The highest BCUT2D eigenvalue weighted by atomic mass is 35.5. The second-order valence-electron chi connectivity index (χ2n) is 13.3. The molecule has 4 N–H and O–H groups in total. The molecule has 13 nitrogen and oxygen atoms in total. The summed E-state index contributed by atoms with van der Waals surface area (Å²) < 4.78 is 10.1. The number of benzene rings is 1. The van der Waals surface area contributed by atoms with Crippen molar-refractivity contribution in [1.82, 2.24) is 26.2 Å². The molecule has 15 heteroatoms. The first-order valence-electron chi connectivity index (χ1n) is 16.3. The van der Waals surface area contributed by atoms with Crippen molar-refractivity contribution in [2.45, 2.75) is 103 Å². The van der Waals surface area contributed by atoms with E-state index < -0.39 is 77.4 Å². The number of carbonyl (C=O) groups excluding carboxylic acids is 6. The lowest BCUT2D eigenvalue weighted by Gasteiger charge is -2.31. The van der Waals surface area contributed by atoms with Gasteiger partial charge in [-0.25, -0.2) is 9.59 Å². The number of carbonyl (C=O) groups is 6. The third-order valence-corrected chi connectivity index (χ3v) is 8.31. The summed E-state index contributed by atoms with van der Waals surface area (Å²) in [5.41, 5.74) is -0.0725. The summed E-state index contributed by atoms with van der Waals surface area (Å²) in [5.74, 6) is -3.84. The molecule has 1 rings (SSSR count). The highest BCUT2D eigenvalue weighted by Gasteiger charge is 2.34. The molecule has 0 aliphatic rings. The number of nitrogens with zero attached hydrogens (tertiary/aromatic N) is 1. The first kappa shape index (κ1) is 43.4. The van der Waals surface area contributed by atoms with E-state index in [1.54, 1.807) is 71.9 Å². The number of ether oxygens (including phenoxy) is 2. The number of hydrogen-bond acceptors (Lipinski definition) is 8. The number of methoxy groups -OCH3 is 1. The van der Waals surface area contributed by atoms with E-state index in [1.807, 2.05) is 6.92 Å². The van der Waals surface area contributed by atoms with Crippen LogP contribution in [0, 0.1) is 11.8 Å². The molecule has 0 fully saturated rings. The van der Waals surface area contributed by atoms with Gasteiger partial charge in [0.15, 0.2) is 0 Å². The van der Waals surface area contributed by atoms with Gasteiger partial charge < -0.3 is 35.6 Å². The SMILES string of the molecule is CC[C@H](C)[C@H](NC(=O)CN(CC(Cl)CCl)C(=O)[C@H](Cc1ccccc1)NC(=O)[C@H](C)NC(=O)OC(C)(C)C)C(=O)N[C@H](C(=O)OC)C(C)C.